The van der Waals surface area contributed by atoms with Crippen molar-refractivity contribution in [2.24, 2.45) is 0 Å². The SMILES string of the molecule is CCCC(C(=O)O)N1C(=O)[C@H](CCCO)O[C@@H](c2ccc(Cl)cc2)[C@H]1c1ccc(Cl)cc1. The summed E-state index contributed by atoms with van der Waals surface area (Å²) in [6.07, 6.45) is 0.0994. The maximum atomic E-state index is 13.5. The lowest BCUT2D eigenvalue weighted by atomic mass is 9.89. The van der Waals surface area contributed by atoms with Crippen LogP contribution in [0.15, 0.2) is 48.5 Å². The van der Waals surface area contributed by atoms with Crippen molar-refractivity contribution < 1.29 is 24.5 Å². The second kappa shape index (κ2) is 11.1. The zero-order valence-electron chi connectivity index (χ0n) is 17.8. The third kappa shape index (κ3) is 5.44. The first-order valence-corrected chi connectivity index (χ1v) is 11.4. The number of hydrogen-bond donors (Lipinski definition) is 2. The third-order valence-electron chi connectivity index (χ3n) is 5.64. The smallest absolute Gasteiger partial charge is 0.326 e. The predicted molar refractivity (Wildman–Crippen MR) is 123 cm³/mol. The fraction of sp³-hybridized carbons (Fsp3) is 0.417. The molecule has 1 fully saturated rings. The first-order valence-electron chi connectivity index (χ1n) is 10.7. The van der Waals surface area contributed by atoms with E-state index in [1.807, 2.05) is 19.1 Å². The van der Waals surface area contributed by atoms with Crippen molar-refractivity contribution >= 4 is 35.1 Å². The van der Waals surface area contributed by atoms with E-state index in [9.17, 15) is 19.8 Å². The molecule has 0 aliphatic carbocycles. The summed E-state index contributed by atoms with van der Waals surface area (Å²) in [5.74, 6) is -1.44. The average molecular weight is 480 g/mol. The van der Waals surface area contributed by atoms with Crippen LogP contribution in [-0.2, 0) is 14.3 Å². The highest BCUT2D eigenvalue weighted by Gasteiger charge is 2.48. The van der Waals surface area contributed by atoms with Crippen LogP contribution >= 0.6 is 23.2 Å². The van der Waals surface area contributed by atoms with Crippen molar-refractivity contribution in [3.05, 3.63) is 69.7 Å². The molecule has 1 saturated heterocycles. The van der Waals surface area contributed by atoms with Crippen LogP contribution in [0.2, 0.25) is 10.0 Å². The van der Waals surface area contributed by atoms with Gasteiger partial charge in [0.2, 0.25) is 0 Å². The van der Waals surface area contributed by atoms with Gasteiger partial charge in [-0.25, -0.2) is 4.79 Å². The molecule has 172 valence electrons. The van der Waals surface area contributed by atoms with Crippen LogP contribution in [0.5, 0.6) is 0 Å². The lowest BCUT2D eigenvalue weighted by Gasteiger charge is -2.47. The van der Waals surface area contributed by atoms with E-state index < -0.39 is 30.3 Å². The Bertz CT molecular complexity index is 919. The van der Waals surface area contributed by atoms with Gasteiger partial charge in [0.1, 0.15) is 18.2 Å². The van der Waals surface area contributed by atoms with E-state index in [2.05, 4.69) is 0 Å². The molecule has 2 aromatic carbocycles. The number of benzene rings is 2. The molecule has 2 N–H and O–H groups in total. The zero-order valence-corrected chi connectivity index (χ0v) is 19.3. The van der Waals surface area contributed by atoms with Gasteiger partial charge in [-0.3, -0.25) is 4.79 Å². The molecular weight excluding hydrogens is 453 g/mol. The molecule has 6 nitrogen and oxygen atoms in total. The summed E-state index contributed by atoms with van der Waals surface area (Å²) >= 11 is 12.2. The highest BCUT2D eigenvalue weighted by Crippen LogP contribution is 2.44. The topological polar surface area (TPSA) is 87.1 Å². The van der Waals surface area contributed by atoms with Crippen LogP contribution in [-0.4, -0.2) is 45.7 Å². The van der Waals surface area contributed by atoms with Gasteiger partial charge >= 0.3 is 5.97 Å². The van der Waals surface area contributed by atoms with Crippen molar-refractivity contribution in [3.8, 4) is 0 Å². The predicted octanol–water partition coefficient (Wildman–Crippen LogP) is 5.03. The molecule has 8 heteroatoms. The van der Waals surface area contributed by atoms with Crippen molar-refractivity contribution in [1.29, 1.82) is 0 Å². The zero-order chi connectivity index (χ0) is 23.3. The minimum Gasteiger partial charge on any atom is -0.480 e. The van der Waals surface area contributed by atoms with E-state index in [1.54, 1.807) is 36.4 Å². The number of morpholine rings is 1. The summed E-state index contributed by atoms with van der Waals surface area (Å²) in [5.41, 5.74) is 1.51. The van der Waals surface area contributed by atoms with E-state index in [1.165, 1.54) is 4.90 Å². The molecule has 1 aliphatic rings. The second-order valence-corrected chi connectivity index (χ2v) is 8.72. The molecule has 0 saturated carbocycles. The lowest BCUT2D eigenvalue weighted by molar-refractivity contribution is -0.185. The Labute approximate surface area is 197 Å². The number of carboxylic acid groups (broad SMARTS) is 1. The Morgan fingerprint density at radius 1 is 1.06 bits per heavy atom. The number of halogens is 2. The van der Waals surface area contributed by atoms with Gasteiger partial charge in [-0.05, 0) is 54.7 Å². The first-order chi connectivity index (χ1) is 15.4. The van der Waals surface area contributed by atoms with Gasteiger partial charge in [-0.15, -0.1) is 0 Å². The number of hydrogen-bond acceptors (Lipinski definition) is 4. The Morgan fingerprint density at radius 2 is 1.62 bits per heavy atom. The minimum atomic E-state index is -1.06. The lowest BCUT2D eigenvalue weighted by Crippen LogP contribution is -2.56. The monoisotopic (exact) mass is 479 g/mol. The highest BCUT2D eigenvalue weighted by molar-refractivity contribution is 6.30. The number of aliphatic hydroxyl groups excluding tert-OH is 1. The van der Waals surface area contributed by atoms with Gasteiger partial charge in [0.15, 0.2) is 0 Å². The number of carboxylic acids is 1. The molecule has 1 aliphatic heterocycles. The molecule has 2 aromatic rings. The molecule has 1 amide bonds. The molecule has 32 heavy (non-hydrogen) atoms. The molecule has 0 spiro atoms. The maximum Gasteiger partial charge on any atom is 0.326 e. The average Bonchev–Trinajstić information content (AvgIpc) is 2.78. The summed E-state index contributed by atoms with van der Waals surface area (Å²) in [5, 5.41) is 20.4. The van der Waals surface area contributed by atoms with E-state index in [0.29, 0.717) is 35.7 Å². The van der Waals surface area contributed by atoms with E-state index in [0.717, 1.165) is 11.1 Å². The van der Waals surface area contributed by atoms with Gasteiger partial charge in [0.25, 0.3) is 5.91 Å². The van der Waals surface area contributed by atoms with Gasteiger partial charge < -0.3 is 19.8 Å². The maximum absolute atomic E-state index is 13.5. The van der Waals surface area contributed by atoms with Crippen LogP contribution in [0.3, 0.4) is 0 Å². The van der Waals surface area contributed by atoms with E-state index >= 15 is 0 Å². The summed E-state index contributed by atoms with van der Waals surface area (Å²) in [7, 11) is 0. The molecule has 0 radical (unpaired) electrons. The van der Waals surface area contributed by atoms with Crippen molar-refractivity contribution in [3.63, 3.8) is 0 Å². The third-order valence-corrected chi connectivity index (χ3v) is 6.15. The molecule has 4 atom stereocenters. The number of carbonyl (C=O) groups excluding carboxylic acids is 1. The Hall–Kier alpha value is -2.12. The van der Waals surface area contributed by atoms with Gasteiger partial charge in [-0.1, -0.05) is 60.8 Å². The fourth-order valence-electron chi connectivity index (χ4n) is 4.14. The summed E-state index contributed by atoms with van der Waals surface area (Å²) in [6, 6.07) is 12.5. The van der Waals surface area contributed by atoms with Crippen LogP contribution in [0.1, 0.15) is 55.9 Å². The van der Waals surface area contributed by atoms with Crippen LogP contribution in [0.4, 0.5) is 0 Å². The molecule has 1 heterocycles. The number of aliphatic hydroxyl groups is 1. The summed E-state index contributed by atoms with van der Waals surface area (Å²) in [6.45, 7) is 1.80. The van der Waals surface area contributed by atoms with Crippen LogP contribution in [0, 0.1) is 0 Å². The number of rotatable bonds is 9. The molecule has 1 unspecified atom stereocenters. The molecule has 0 bridgehead atoms. The van der Waals surface area contributed by atoms with E-state index in [-0.39, 0.29) is 12.5 Å². The quantitative estimate of drug-likeness (QED) is 0.526. The molecular formula is C24H27Cl2NO5. The first kappa shape index (κ1) is 24.5. The van der Waals surface area contributed by atoms with Crippen molar-refractivity contribution in [1.82, 2.24) is 4.90 Å². The second-order valence-electron chi connectivity index (χ2n) is 7.85. The normalized spacial score (nSPS) is 22.1. The standard InChI is InChI=1S/C24H27Cl2NO5/c1-2-4-19(24(30)31)27-21(15-6-10-17(25)11-7-15)22(16-8-12-18(26)13-9-16)32-20(23(27)29)5-3-14-28/h6-13,19-22,28H,2-5,14H2,1H3,(H,30,31)/t19?,20-,21+,22-/m0/s1. The molecule has 0 aromatic heterocycles. The van der Waals surface area contributed by atoms with Gasteiger partial charge in [0.05, 0.1) is 6.04 Å². The van der Waals surface area contributed by atoms with Crippen molar-refractivity contribution in [2.45, 2.75) is 56.9 Å². The number of aliphatic carboxylic acids is 1. The van der Waals surface area contributed by atoms with Crippen LogP contribution < -0.4 is 0 Å². The van der Waals surface area contributed by atoms with E-state index in [4.69, 9.17) is 27.9 Å². The number of nitrogens with zero attached hydrogens (tertiary/aromatic N) is 1. The number of carbonyl (C=O) groups is 2. The summed E-state index contributed by atoms with van der Waals surface area (Å²) < 4.78 is 6.29. The van der Waals surface area contributed by atoms with Crippen LogP contribution in [0.25, 0.3) is 0 Å². The Kier molecular flexibility index (Phi) is 8.54. The van der Waals surface area contributed by atoms with Gasteiger partial charge in [0, 0.05) is 16.7 Å². The van der Waals surface area contributed by atoms with Crippen molar-refractivity contribution in [2.75, 3.05) is 6.61 Å². The van der Waals surface area contributed by atoms with Gasteiger partial charge in [-0.2, -0.15) is 0 Å². The fourth-order valence-corrected chi connectivity index (χ4v) is 4.39. The minimum absolute atomic E-state index is 0.0866. The Morgan fingerprint density at radius 3 is 2.12 bits per heavy atom. The summed E-state index contributed by atoms with van der Waals surface area (Å²) in [4.78, 5) is 27.3. The number of ether oxygens (including phenoxy) is 1. The largest absolute Gasteiger partial charge is 0.480 e. The number of amides is 1. The molecule has 3 rings (SSSR count). The highest BCUT2D eigenvalue weighted by atomic mass is 35.5. The Balaban J connectivity index is 2.16.